The number of methoxy groups -OCH3 is 1. The molecule has 0 radical (unpaired) electrons. The van der Waals surface area contributed by atoms with Crippen LogP contribution in [0.25, 0.3) is 11.0 Å². The van der Waals surface area contributed by atoms with Crippen LogP contribution in [0.1, 0.15) is 47.6 Å². The first-order valence-corrected chi connectivity index (χ1v) is 9.29. The van der Waals surface area contributed by atoms with Gasteiger partial charge in [-0.1, -0.05) is 12.1 Å². The van der Waals surface area contributed by atoms with Gasteiger partial charge in [-0.25, -0.2) is 13.8 Å². The Bertz CT molecular complexity index is 1050. The van der Waals surface area contributed by atoms with E-state index < -0.39 is 30.2 Å². The van der Waals surface area contributed by atoms with Crippen LogP contribution in [0.15, 0.2) is 42.5 Å². The Morgan fingerprint density at radius 2 is 2.00 bits per heavy atom. The van der Waals surface area contributed by atoms with E-state index in [2.05, 4.69) is 15.3 Å². The van der Waals surface area contributed by atoms with Crippen molar-refractivity contribution in [1.29, 1.82) is 0 Å². The van der Waals surface area contributed by atoms with Crippen molar-refractivity contribution in [2.45, 2.75) is 25.8 Å². The minimum atomic E-state index is -2.74. The van der Waals surface area contributed by atoms with Crippen molar-refractivity contribution in [3.63, 3.8) is 0 Å². The van der Waals surface area contributed by atoms with Crippen LogP contribution in [0.2, 0.25) is 0 Å². The number of aromatic amines is 1. The highest BCUT2D eigenvalue weighted by atomic mass is 19.3. The van der Waals surface area contributed by atoms with E-state index in [9.17, 15) is 18.4 Å². The second-order valence-corrected chi connectivity index (χ2v) is 6.47. The molecule has 2 N–H and O–H groups in total. The number of imidazole rings is 1. The second kappa shape index (κ2) is 9.34. The van der Waals surface area contributed by atoms with Crippen molar-refractivity contribution in [2.75, 3.05) is 13.7 Å². The number of rotatable bonds is 8. The van der Waals surface area contributed by atoms with E-state index in [1.807, 2.05) is 0 Å². The number of aromatic nitrogens is 2. The lowest BCUT2D eigenvalue weighted by Crippen LogP contribution is -2.30. The van der Waals surface area contributed by atoms with Crippen LogP contribution in [0.5, 0.6) is 5.75 Å². The number of alkyl halides is 2. The summed E-state index contributed by atoms with van der Waals surface area (Å²) in [5.74, 6) is -0.813. The number of ether oxygens (including phenoxy) is 2. The molecule has 3 aromatic rings. The van der Waals surface area contributed by atoms with E-state index in [0.717, 1.165) is 0 Å². The van der Waals surface area contributed by atoms with Crippen LogP contribution >= 0.6 is 0 Å². The molecule has 0 aliphatic carbocycles. The first kappa shape index (κ1) is 21.2. The molecule has 1 amide bonds. The van der Waals surface area contributed by atoms with Crippen LogP contribution in [0, 0.1) is 0 Å². The van der Waals surface area contributed by atoms with Gasteiger partial charge in [-0.15, -0.1) is 0 Å². The smallest absolute Gasteiger partial charge is 0.308 e. The average Bonchev–Trinajstić information content (AvgIpc) is 3.17. The molecule has 0 spiro atoms. The lowest BCUT2D eigenvalue weighted by Gasteiger charge is -2.19. The summed E-state index contributed by atoms with van der Waals surface area (Å²) in [6, 6.07) is 10.7. The molecule has 30 heavy (non-hydrogen) atoms. The highest BCUT2D eigenvalue weighted by Crippen LogP contribution is 2.24. The summed E-state index contributed by atoms with van der Waals surface area (Å²) in [4.78, 5) is 31.2. The Morgan fingerprint density at radius 3 is 2.70 bits per heavy atom. The fraction of sp³-hybridized carbons (Fsp3) is 0.286. The van der Waals surface area contributed by atoms with Crippen LogP contribution in [-0.4, -0.2) is 35.6 Å². The molecule has 1 heterocycles. The van der Waals surface area contributed by atoms with Gasteiger partial charge in [0, 0.05) is 5.56 Å². The molecule has 0 bridgehead atoms. The maximum absolute atomic E-state index is 12.8. The molecule has 9 heteroatoms. The van der Waals surface area contributed by atoms with E-state index >= 15 is 0 Å². The molecule has 3 rings (SSSR count). The number of halogens is 2. The minimum absolute atomic E-state index is 0.0748. The molecule has 0 saturated carbocycles. The quantitative estimate of drug-likeness (QED) is 0.542. The van der Waals surface area contributed by atoms with Gasteiger partial charge in [-0.3, -0.25) is 9.59 Å². The molecule has 1 unspecified atom stereocenters. The number of nitrogens with zero attached hydrogens (tertiary/aromatic N) is 1. The SMILES string of the molecule is CCOC(=O)CC(NC(=O)c1ccc2nc(C(F)F)[nH]c2c1)c1cccc(OC)c1. The minimum Gasteiger partial charge on any atom is -0.497 e. The molecule has 0 fully saturated rings. The van der Waals surface area contributed by atoms with Gasteiger partial charge >= 0.3 is 5.97 Å². The van der Waals surface area contributed by atoms with E-state index in [-0.39, 0.29) is 18.6 Å². The average molecular weight is 417 g/mol. The van der Waals surface area contributed by atoms with Crippen LogP contribution in [0.3, 0.4) is 0 Å². The van der Waals surface area contributed by atoms with E-state index in [0.29, 0.717) is 22.3 Å². The van der Waals surface area contributed by atoms with Gasteiger partial charge in [-0.05, 0) is 42.8 Å². The molecule has 1 aromatic heterocycles. The molecule has 7 nitrogen and oxygen atoms in total. The number of carbonyl (C=O) groups is 2. The van der Waals surface area contributed by atoms with E-state index in [1.54, 1.807) is 31.2 Å². The summed E-state index contributed by atoms with van der Waals surface area (Å²) in [5, 5.41) is 2.81. The molecular weight excluding hydrogens is 396 g/mol. The monoisotopic (exact) mass is 417 g/mol. The summed E-state index contributed by atoms with van der Waals surface area (Å²) in [6.45, 7) is 1.92. The number of esters is 1. The number of hydrogen-bond donors (Lipinski definition) is 2. The fourth-order valence-corrected chi connectivity index (χ4v) is 3.01. The van der Waals surface area contributed by atoms with Gasteiger partial charge in [0.2, 0.25) is 0 Å². The van der Waals surface area contributed by atoms with Gasteiger partial charge in [0.15, 0.2) is 5.82 Å². The summed E-state index contributed by atoms with van der Waals surface area (Å²) in [7, 11) is 1.52. The van der Waals surface area contributed by atoms with Gasteiger partial charge < -0.3 is 19.8 Å². The van der Waals surface area contributed by atoms with Crippen LogP contribution in [0.4, 0.5) is 8.78 Å². The topological polar surface area (TPSA) is 93.3 Å². The second-order valence-electron chi connectivity index (χ2n) is 6.47. The molecule has 158 valence electrons. The Morgan fingerprint density at radius 1 is 1.20 bits per heavy atom. The summed E-state index contributed by atoms with van der Waals surface area (Å²) >= 11 is 0. The van der Waals surface area contributed by atoms with Crippen molar-refractivity contribution in [2.24, 2.45) is 0 Å². The first-order valence-electron chi connectivity index (χ1n) is 9.29. The fourth-order valence-electron chi connectivity index (χ4n) is 3.01. The zero-order chi connectivity index (χ0) is 21.7. The lowest BCUT2D eigenvalue weighted by atomic mass is 10.0. The molecule has 0 aliphatic rings. The number of amides is 1. The normalized spacial score (nSPS) is 12.0. The number of benzene rings is 2. The number of carbonyl (C=O) groups excluding carboxylic acids is 2. The van der Waals surface area contributed by atoms with Crippen LogP contribution in [-0.2, 0) is 9.53 Å². The van der Waals surface area contributed by atoms with Crippen molar-refractivity contribution in [3.8, 4) is 5.75 Å². The van der Waals surface area contributed by atoms with Crippen molar-refractivity contribution >= 4 is 22.9 Å². The zero-order valence-corrected chi connectivity index (χ0v) is 16.4. The molecule has 2 aromatic carbocycles. The third-order valence-corrected chi connectivity index (χ3v) is 4.45. The first-order chi connectivity index (χ1) is 14.4. The summed E-state index contributed by atoms with van der Waals surface area (Å²) < 4.78 is 35.9. The molecule has 0 saturated heterocycles. The number of H-pyrrole nitrogens is 1. The maximum Gasteiger partial charge on any atom is 0.308 e. The predicted molar refractivity (Wildman–Crippen MR) is 106 cm³/mol. The van der Waals surface area contributed by atoms with Gasteiger partial charge in [-0.2, -0.15) is 0 Å². The van der Waals surface area contributed by atoms with Crippen molar-refractivity contribution in [3.05, 3.63) is 59.4 Å². The Balaban J connectivity index is 1.86. The number of nitrogens with one attached hydrogen (secondary N) is 2. The van der Waals surface area contributed by atoms with E-state index in [1.165, 1.54) is 25.3 Å². The highest BCUT2D eigenvalue weighted by molar-refractivity contribution is 5.97. The Kier molecular flexibility index (Phi) is 6.61. The molecule has 0 aliphatic heterocycles. The van der Waals surface area contributed by atoms with Crippen molar-refractivity contribution < 1.29 is 27.8 Å². The van der Waals surface area contributed by atoms with Crippen molar-refractivity contribution in [1.82, 2.24) is 15.3 Å². The van der Waals surface area contributed by atoms with Crippen LogP contribution < -0.4 is 10.1 Å². The van der Waals surface area contributed by atoms with Gasteiger partial charge in [0.05, 0.1) is 37.2 Å². The molecular formula is C21H21F2N3O4. The lowest BCUT2D eigenvalue weighted by molar-refractivity contribution is -0.143. The summed E-state index contributed by atoms with van der Waals surface area (Å²) in [6.07, 6.45) is -2.81. The highest BCUT2D eigenvalue weighted by Gasteiger charge is 2.21. The predicted octanol–water partition coefficient (Wildman–Crippen LogP) is 3.93. The maximum atomic E-state index is 12.8. The standard InChI is InChI=1S/C21H21F2N3O4/c1-3-30-18(27)11-16(12-5-4-6-14(9-12)29-2)26-21(28)13-7-8-15-17(10-13)25-20(24-15)19(22)23/h4-10,16,19H,3,11H2,1-2H3,(H,24,25)(H,26,28). The molecule has 1 atom stereocenters. The third kappa shape index (κ3) is 4.91. The largest absolute Gasteiger partial charge is 0.497 e. The Labute approximate surface area is 171 Å². The van der Waals surface area contributed by atoms with E-state index in [4.69, 9.17) is 9.47 Å². The zero-order valence-electron chi connectivity index (χ0n) is 16.4. The number of hydrogen-bond acceptors (Lipinski definition) is 5. The summed E-state index contributed by atoms with van der Waals surface area (Å²) in [5.41, 5.74) is 1.56. The van der Waals surface area contributed by atoms with Gasteiger partial charge in [0.1, 0.15) is 5.75 Å². The number of fused-ring (bicyclic) bond motifs is 1. The Hall–Kier alpha value is -3.49. The van der Waals surface area contributed by atoms with Gasteiger partial charge in [0.25, 0.3) is 12.3 Å². The third-order valence-electron chi connectivity index (χ3n) is 4.45.